The molecule has 7 nitrogen and oxygen atoms in total. The minimum atomic E-state index is -2.95. The predicted octanol–water partition coefficient (Wildman–Crippen LogP) is 1.28. The first-order chi connectivity index (χ1) is 12.0. The third-order valence-corrected chi connectivity index (χ3v) is 6.37. The second kappa shape index (κ2) is 6.11. The zero-order chi connectivity index (χ0) is 17.4. The maximum absolute atomic E-state index is 12.7. The first kappa shape index (κ1) is 16.0. The van der Waals surface area contributed by atoms with E-state index in [1.807, 2.05) is 24.3 Å². The van der Waals surface area contributed by atoms with Crippen molar-refractivity contribution in [2.24, 2.45) is 0 Å². The minimum Gasteiger partial charge on any atom is -0.365 e. The van der Waals surface area contributed by atoms with Gasteiger partial charge < -0.3 is 10.2 Å². The Bertz CT molecular complexity index is 912. The molecule has 1 N–H and O–H groups in total. The fourth-order valence-corrected chi connectivity index (χ4v) is 5.00. The van der Waals surface area contributed by atoms with Gasteiger partial charge in [0.25, 0.3) is 5.91 Å². The number of para-hydroxylation sites is 1. The van der Waals surface area contributed by atoms with E-state index in [0.29, 0.717) is 18.8 Å². The van der Waals surface area contributed by atoms with Crippen molar-refractivity contribution in [1.29, 1.82) is 0 Å². The van der Waals surface area contributed by atoms with Crippen LogP contribution in [0.15, 0.2) is 36.4 Å². The number of rotatable bonds is 3. The van der Waals surface area contributed by atoms with Crippen molar-refractivity contribution in [3.63, 3.8) is 0 Å². The van der Waals surface area contributed by atoms with Gasteiger partial charge in [-0.25, -0.2) is 8.42 Å². The molecule has 4 rings (SSSR count). The molecule has 0 spiro atoms. The monoisotopic (exact) mass is 358 g/mol. The molecule has 1 atom stereocenters. The number of anilines is 2. The number of sulfone groups is 1. The van der Waals surface area contributed by atoms with E-state index >= 15 is 0 Å². The summed E-state index contributed by atoms with van der Waals surface area (Å²) in [5, 5.41) is 11.1. The molecule has 1 aromatic heterocycles. The van der Waals surface area contributed by atoms with E-state index in [-0.39, 0.29) is 29.1 Å². The fourth-order valence-electron chi connectivity index (χ4n) is 3.33. The van der Waals surface area contributed by atoms with E-state index in [1.54, 1.807) is 17.0 Å². The molecule has 2 aliphatic heterocycles. The number of carbonyl (C=O) groups is 1. The van der Waals surface area contributed by atoms with Crippen LogP contribution < -0.4 is 10.2 Å². The van der Waals surface area contributed by atoms with Crippen LogP contribution in [0, 0.1) is 0 Å². The van der Waals surface area contributed by atoms with E-state index < -0.39 is 9.84 Å². The molecule has 130 valence electrons. The van der Waals surface area contributed by atoms with Gasteiger partial charge in [0.15, 0.2) is 15.5 Å². The molecular formula is C17H18N4O3S. The highest BCUT2D eigenvalue weighted by Gasteiger charge is 2.29. The quantitative estimate of drug-likeness (QED) is 0.889. The molecule has 1 aromatic carbocycles. The highest BCUT2D eigenvalue weighted by Crippen LogP contribution is 2.28. The minimum absolute atomic E-state index is 0.111. The van der Waals surface area contributed by atoms with E-state index in [1.165, 1.54) is 0 Å². The van der Waals surface area contributed by atoms with Crippen molar-refractivity contribution in [2.45, 2.75) is 18.9 Å². The van der Waals surface area contributed by atoms with Gasteiger partial charge in [-0.2, -0.15) is 0 Å². The Morgan fingerprint density at radius 3 is 2.72 bits per heavy atom. The molecule has 1 saturated heterocycles. The van der Waals surface area contributed by atoms with Crippen molar-refractivity contribution in [3.05, 3.63) is 47.7 Å². The number of aromatic nitrogens is 2. The first-order valence-electron chi connectivity index (χ1n) is 8.22. The highest BCUT2D eigenvalue weighted by atomic mass is 32.2. The van der Waals surface area contributed by atoms with Crippen LogP contribution >= 0.6 is 0 Å². The van der Waals surface area contributed by atoms with E-state index in [4.69, 9.17) is 0 Å². The molecule has 0 saturated carbocycles. The van der Waals surface area contributed by atoms with E-state index in [2.05, 4.69) is 15.5 Å². The lowest BCUT2D eigenvalue weighted by Crippen LogP contribution is -2.30. The molecule has 3 heterocycles. The summed E-state index contributed by atoms with van der Waals surface area (Å²) in [6, 6.07) is 11.0. The van der Waals surface area contributed by atoms with Gasteiger partial charge in [-0.1, -0.05) is 18.2 Å². The zero-order valence-electron chi connectivity index (χ0n) is 13.6. The van der Waals surface area contributed by atoms with Crippen LogP contribution in [0.2, 0.25) is 0 Å². The standard InChI is InChI=1S/C17H18N4O3S/c22-17(21-9-7-12-3-1-2-4-15(12)21)14-5-6-16(20-19-14)18-13-8-10-25(23,24)11-13/h1-6,13H,7-11H2,(H,18,20). The number of hydrogen-bond donors (Lipinski definition) is 1. The maximum atomic E-state index is 12.7. The predicted molar refractivity (Wildman–Crippen MR) is 94.5 cm³/mol. The van der Waals surface area contributed by atoms with Crippen molar-refractivity contribution in [3.8, 4) is 0 Å². The average Bonchev–Trinajstić information content (AvgIpc) is 3.18. The van der Waals surface area contributed by atoms with Crippen molar-refractivity contribution < 1.29 is 13.2 Å². The molecule has 2 aromatic rings. The lowest BCUT2D eigenvalue weighted by atomic mass is 10.2. The number of nitrogens with one attached hydrogen (secondary N) is 1. The average molecular weight is 358 g/mol. The SMILES string of the molecule is O=C(c1ccc(NC2CCS(=O)(=O)C2)nn1)N1CCc2ccccc21. The number of carbonyl (C=O) groups excluding carboxylic acids is 1. The molecular weight excluding hydrogens is 340 g/mol. The Balaban J connectivity index is 1.46. The Hall–Kier alpha value is -2.48. The summed E-state index contributed by atoms with van der Waals surface area (Å²) < 4.78 is 23.0. The van der Waals surface area contributed by atoms with Crippen LogP contribution in [0.4, 0.5) is 11.5 Å². The van der Waals surface area contributed by atoms with Crippen molar-refractivity contribution >= 4 is 27.2 Å². The van der Waals surface area contributed by atoms with Gasteiger partial charge in [-0.05, 0) is 36.6 Å². The van der Waals surface area contributed by atoms with Gasteiger partial charge in [0.2, 0.25) is 0 Å². The summed E-state index contributed by atoms with van der Waals surface area (Å²) in [6.07, 6.45) is 1.40. The van der Waals surface area contributed by atoms with Gasteiger partial charge in [0.05, 0.1) is 11.5 Å². The van der Waals surface area contributed by atoms with Gasteiger partial charge in [0.1, 0.15) is 5.82 Å². The van der Waals surface area contributed by atoms with Gasteiger partial charge in [-0.3, -0.25) is 4.79 Å². The number of amides is 1. The van der Waals surface area contributed by atoms with E-state index in [0.717, 1.165) is 17.7 Å². The Morgan fingerprint density at radius 2 is 2.00 bits per heavy atom. The first-order valence-corrected chi connectivity index (χ1v) is 10.0. The smallest absolute Gasteiger partial charge is 0.278 e. The summed E-state index contributed by atoms with van der Waals surface area (Å²) in [5.41, 5.74) is 2.36. The Kier molecular flexibility index (Phi) is 3.91. The molecule has 1 amide bonds. The number of fused-ring (bicyclic) bond motifs is 1. The molecule has 0 aliphatic carbocycles. The van der Waals surface area contributed by atoms with Gasteiger partial charge in [-0.15, -0.1) is 10.2 Å². The molecule has 0 bridgehead atoms. The summed E-state index contributed by atoms with van der Waals surface area (Å²) >= 11 is 0. The maximum Gasteiger partial charge on any atom is 0.278 e. The van der Waals surface area contributed by atoms with Crippen molar-refractivity contribution in [2.75, 3.05) is 28.3 Å². The topological polar surface area (TPSA) is 92.3 Å². The Morgan fingerprint density at radius 1 is 1.16 bits per heavy atom. The van der Waals surface area contributed by atoms with Gasteiger partial charge in [0, 0.05) is 18.3 Å². The second-order valence-electron chi connectivity index (χ2n) is 6.38. The lowest BCUT2D eigenvalue weighted by molar-refractivity contribution is 0.0983. The third-order valence-electron chi connectivity index (χ3n) is 4.60. The fraction of sp³-hybridized carbons (Fsp3) is 0.353. The van der Waals surface area contributed by atoms with Crippen LogP contribution in [0.1, 0.15) is 22.5 Å². The molecule has 0 radical (unpaired) electrons. The summed E-state index contributed by atoms with van der Waals surface area (Å²) in [7, 11) is -2.95. The molecule has 8 heteroatoms. The normalized spacial score (nSPS) is 21.1. The summed E-state index contributed by atoms with van der Waals surface area (Å²) in [6.45, 7) is 0.639. The highest BCUT2D eigenvalue weighted by molar-refractivity contribution is 7.91. The Labute approximate surface area is 146 Å². The number of nitrogens with zero attached hydrogens (tertiary/aromatic N) is 3. The van der Waals surface area contributed by atoms with Crippen LogP contribution in [0.25, 0.3) is 0 Å². The summed E-state index contributed by atoms with van der Waals surface area (Å²) in [5.74, 6) is 0.621. The van der Waals surface area contributed by atoms with Crippen LogP contribution in [0.5, 0.6) is 0 Å². The zero-order valence-corrected chi connectivity index (χ0v) is 14.4. The van der Waals surface area contributed by atoms with Crippen LogP contribution in [-0.2, 0) is 16.3 Å². The summed E-state index contributed by atoms with van der Waals surface area (Å²) in [4.78, 5) is 14.4. The van der Waals surface area contributed by atoms with Gasteiger partial charge >= 0.3 is 0 Å². The second-order valence-corrected chi connectivity index (χ2v) is 8.61. The number of benzene rings is 1. The molecule has 1 unspecified atom stereocenters. The van der Waals surface area contributed by atoms with E-state index in [9.17, 15) is 13.2 Å². The largest absolute Gasteiger partial charge is 0.365 e. The third kappa shape index (κ3) is 3.21. The molecule has 2 aliphatic rings. The van der Waals surface area contributed by atoms with Crippen LogP contribution in [0.3, 0.4) is 0 Å². The van der Waals surface area contributed by atoms with Crippen LogP contribution in [-0.4, -0.2) is 48.6 Å². The molecule has 25 heavy (non-hydrogen) atoms. The lowest BCUT2D eigenvalue weighted by Gasteiger charge is -2.17. The number of hydrogen-bond acceptors (Lipinski definition) is 6. The molecule has 1 fully saturated rings. The van der Waals surface area contributed by atoms with Crippen molar-refractivity contribution in [1.82, 2.24) is 10.2 Å².